The van der Waals surface area contributed by atoms with E-state index in [2.05, 4.69) is 20.1 Å². The molecular formula is C10H16N6O2. The highest BCUT2D eigenvalue weighted by Gasteiger charge is 2.47. The number of nitrogens with zero attached hydrogens (tertiary/aromatic N) is 6. The van der Waals surface area contributed by atoms with Crippen molar-refractivity contribution in [1.82, 2.24) is 0 Å². The standard InChI is InChI=1S/C10H16N6O2/c11-15-13-6-8-9(7-14-16-12)18-10(17-8)4-2-1-3-5-10/h8-9H,1-7H2/t8-,9-/m1/s1. The SMILES string of the molecule is [N-]=[N+]=NC[C@H]1OC2(CCCCC2)O[C@@H]1CN=[N+]=[N-]. The van der Waals surface area contributed by atoms with Crippen LogP contribution in [0.2, 0.25) is 0 Å². The highest BCUT2D eigenvalue weighted by molar-refractivity contribution is 4.90. The maximum absolute atomic E-state index is 8.37. The summed E-state index contributed by atoms with van der Waals surface area (Å²) in [6, 6.07) is 0. The van der Waals surface area contributed by atoms with Crippen molar-refractivity contribution in [3.05, 3.63) is 20.9 Å². The zero-order valence-corrected chi connectivity index (χ0v) is 10.1. The summed E-state index contributed by atoms with van der Waals surface area (Å²) in [5.41, 5.74) is 16.7. The number of hydrogen-bond donors (Lipinski definition) is 0. The Morgan fingerprint density at radius 3 is 1.89 bits per heavy atom. The van der Waals surface area contributed by atoms with E-state index in [1.165, 1.54) is 6.42 Å². The zero-order valence-electron chi connectivity index (χ0n) is 10.1. The molecule has 1 spiro atoms. The summed E-state index contributed by atoms with van der Waals surface area (Å²) in [6.45, 7) is 0.424. The first-order chi connectivity index (χ1) is 8.79. The number of hydrogen-bond acceptors (Lipinski definition) is 4. The quantitative estimate of drug-likeness (QED) is 0.434. The summed E-state index contributed by atoms with van der Waals surface area (Å²) in [5.74, 6) is -0.552. The van der Waals surface area contributed by atoms with Gasteiger partial charge in [-0.1, -0.05) is 16.6 Å². The average Bonchev–Trinajstić information content (AvgIpc) is 2.72. The van der Waals surface area contributed by atoms with Crippen LogP contribution in [0.4, 0.5) is 0 Å². The maximum atomic E-state index is 8.37. The second kappa shape index (κ2) is 5.93. The fourth-order valence-corrected chi connectivity index (χ4v) is 2.60. The van der Waals surface area contributed by atoms with Gasteiger partial charge in [-0.15, -0.1) is 0 Å². The molecule has 1 heterocycles. The van der Waals surface area contributed by atoms with Crippen LogP contribution >= 0.6 is 0 Å². The lowest BCUT2D eigenvalue weighted by Gasteiger charge is -2.31. The maximum Gasteiger partial charge on any atom is 0.169 e. The molecule has 2 fully saturated rings. The Labute approximate surface area is 105 Å². The molecule has 98 valence electrons. The van der Waals surface area contributed by atoms with Crippen LogP contribution in [0.15, 0.2) is 10.2 Å². The number of ether oxygens (including phenoxy) is 2. The van der Waals surface area contributed by atoms with E-state index in [4.69, 9.17) is 20.5 Å². The van der Waals surface area contributed by atoms with E-state index in [-0.39, 0.29) is 25.3 Å². The van der Waals surface area contributed by atoms with Gasteiger partial charge in [-0.2, -0.15) is 0 Å². The number of rotatable bonds is 4. The number of azide groups is 2. The second-order valence-electron chi connectivity index (χ2n) is 4.61. The Bertz CT molecular complexity index is 352. The highest BCUT2D eigenvalue weighted by Crippen LogP contribution is 2.40. The van der Waals surface area contributed by atoms with Crippen LogP contribution < -0.4 is 0 Å². The van der Waals surface area contributed by atoms with Gasteiger partial charge in [0.25, 0.3) is 0 Å². The van der Waals surface area contributed by atoms with Crippen LogP contribution in [0.25, 0.3) is 20.9 Å². The Morgan fingerprint density at radius 2 is 1.44 bits per heavy atom. The predicted octanol–water partition coefficient (Wildman–Crippen LogP) is 3.05. The fourth-order valence-electron chi connectivity index (χ4n) is 2.60. The first-order valence-corrected chi connectivity index (χ1v) is 6.17. The van der Waals surface area contributed by atoms with E-state index < -0.39 is 5.79 Å². The summed E-state index contributed by atoms with van der Waals surface area (Å²) in [6.07, 6.45) is 4.41. The lowest BCUT2D eigenvalue weighted by atomic mass is 9.94. The molecule has 2 aliphatic rings. The molecule has 0 N–H and O–H groups in total. The molecule has 2 rings (SSSR count). The third kappa shape index (κ3) is 2.86. The summed E-state index contributed by atoms with van der Waals surface area (Å²) < 4.78 is 11.9. The molecule has 8 nitrogen and oxygen atoms in total. The summed E-state index contributed by atoms with van der Waals surface area (Å²) in [7, 11) is 0. The Kier molecular flexibility index (Phi) is 4.28. The lowest BCUT2D eigenvalue weighted by molar-refractivity contribution is -0.192. The minimum atomic E-state index is -0.552. The van der Waals surface area contributed by atoms with Crippen molar-refractivity contribution in [2.24, 2.45) is 10.2 Å². The molecule has 8 heteroatoms. The van der Waals surface area contributed by atoms with Crippen LogP contribution in [0, 0.1) is 0 Å². The Hall–Kier alpha value is -1.46. The molecule has 0 amide bonds. The van der Waals surface area contributed by atoms with Crippen molar-refractivity contribution in [3.8, 4) is 0 Å². The Morgan fingerprint density at radius 1 is 0.944 bits per heavy atom. The largest absolute Gasteiger partial charge is 0.344 e. The third-order valence-electron chi connectivity index (χ3n) is 3.41. The first kappa shape index (κ1) is 13.0. The van der Waals surface area contributed by atoms with E-state index in [9.17, 15) is 0 Å². The molecule has 18 heavy (non-hydrogen) atoms. The van der Waals surface area contributed by atoms with Gasteiger partial charge in [-0.3, -0.25) is 0 Å². The topological polar surface area (TPSA) is 116 Å². The van der Waals surface area contributed by atoms with Crippen molar-refractivity contribution >= 4 is 0 Å². The predicted molar refractivity (Wildman–Crippen MR) is 63.6 cm³/mol. The van der Waals surface area contributed by atoms with Gasteiger partial charge in [0.1, 0.15) is 0 Å². The summed E-state index contributed by atoms with van der Waals surface area (Å²) in [4.78, 5) is 5.47. The normalized spacial score (nSPS) is 29.6. The van der Waals surface area contributed by atoms with E-state index >= 15 is 0 Å². The minimum Gasteiger partial charge on any atom is -0.344 e. The van der Waals surface area contributed by atoms with Crippen molar-refractivity contribution in [2.75, 3.05) is 13.1 Å². The molecular weight excluding hydrogens is 236 g/mol. The molecule has 0 radical (unpaired) electrons. The molecule has 1 aliphatic heterocycles. The summed E-state index contributed by atoms with van der Waals surface area (Å²) in [5, 5.41) is 7.06. The van der Waals surface area contributed by atoms with Crippen molar-refractivity contribution in [2.45, 2.75) is 50.1 Å². The highest BCUT2D eigenvalue weighted by atomic mass is 16.8. The molecule has 0 unspecified atom stereocenters. The minimum absolute atomic E-state index is 0.212. The molecule has 2 atom stereocenters. The third-order valence-corrected chi connectivity index (χ3v) is 3.41. The molecule has 0 aromatic rings. The van der Waals surface area contributed by atoms with Gasteiger partial charge in [0.05, 0.1) is 25.3 Å². The van der Waals surface area contributed by atoms with Gasteiger partial charge in [0.2, 0.25) is 0 Å². The van der Waals surface area contributed by atoms with Gasteiger partial charge >= 0.3 is 0 Å². The first-order valence-electron chi connectivity index (χ1n) is 6.17. The monoisotopic (exact) mass is 252 g/mol. The molecule has 1 aliphatic carbocycles. The van der Waals surface area contributed by atoms with Crippen molar-refractivity contribution < 1.29 is 9.47 Å². The molecule has 0 bridgehead atoms. The smallest absolute Gasteiger partial charge is 0.169 e. The van der Waals surface area contributed by atoms with Crippen molar-refractivity contribution in [1.29, 1.82) is 0 Å². The molecule has 1 saturated carbocycles. The van der Waals surface area contributed by atoms with E-state index in [0.717, 1.165) is 25.7 Å². The second-order valence-corrected chi connectivity index (χ2v) is 4.61. The van der Waals surface area contributed by atoms with Gasteiger partial charge in [0.15, 0.2) is 5.79 Å². The van der Waals surface area contributed by atoms with Crippen LogP contribution in [0.3, 0.4) is 0 Å². The molecule has 0 aromatic heterocycles. The van der Waals surface area contributed by atoms with Gasteiger partial charge in [-0.05, 0) is 23.9 Å². The van der Waals surface area contributed by atoms with Crippen LogP contribution in [0.1, 0.15) is 32.1 Å². The van der Waals surface area contributed by atoms with E-state index in [0.29, 0.717) is 0 Å². The van der Waals surface area contributed by atoms with E-state index in [1.807, 2.05) is 0 Å². The van der Waals surface area contributed by atoms with Crippen molar-refractivity contribution in [3.63, 3.8) is 0 Å². The lowest BCUT2D eigenvalue weighted by Crippen LogP contribution is -2.33. The van der Waals surface area contributed by atoms with Crippen LogP contribution in [-0.2, 0) is 9.47 Å². The van der Waals surface area contributed by atoms with E-state index in [1.54, 1.807) is 0 Å². The average molecular weight is 252 g/mol. The summed E-state index contributed by atoms with van der Waals surface area (Å²) >= 11 is 0. The molecule has 0 aromatic carbocycles. The van der Waals surface area contributed by atoms with Gasteiger partial charge in [0, 0.05) is 22.7 Å². The van der Waals surface area contributed by atoms with Crippen LogP contribution in [0.5, 0.6) is 0 Å². The molecule has 1 saturated heterocycles. The van der Waals surface area contributed by atoms with Gasteiger partial charge in [-0.25, -0.2) is 0 Å². The van der Waals surface area contributed by atoms with Crippen LogP contribution in [-0.4, -0.2) is 31.1 Å². The Balaban J connectivity index is 2.05. The zero-order chi connectivity index (χ0) is 12.8. The van der Waals surface area contributed by atoms with Gasteiger partial charge < -0.3 is 9.47 Å². The fraction of sp³-hybridized carbons (Fsp3) is 1.00.